The Labute approximate surface area is 241 Å². The van der Waals surface area contributed by atoms with E-state index in [4.69, 9.17) is 16.3 Å². The average Bonchev–Trinajstić information content (AvgIpc) is 2.93. The molecule has 0 radical (unpaired) electrons. The fourth-order valence-electron chi connectivity index (χ4n) is 4.13. The Hall–Kier alpha value is -3.56. The zero-order chi connectivity index (χ0) is 29.4. The molecule has 1 atom stereocenters. The van der Waals surface area contributed by atoms with Crippen LogP contribution in [0.2, 0.25) is 5.02 Å². The van der Waals surface area contributed by atoms with Crippen LogP contribution in [0.1, 0.15) is 31.9 Å². The van der Waals surface area contributed by atoms with E-state index < -0.39 is 28.5 Å². The highest BCUT2D eigenvalue weighted by Gasteiger charge is 2.33. The van der Waals surface area contributed by atoms with Gasteiger partial charge < -0.3 is 15.0 Å². The molecule has 10 heteroatoms. The first-order valence-electron chi connectivity index (χ1n) is 13.0. The van der Waals surface area contributed by atoms with E-state index in [1.54, 1.807) is 75.6 Å². The Bertz CT molecular complexity index is 1430. The minimum Gasteiger partial charge on any atom is -0.497 e. The molecule has 3 aromatic carbocycles. The Morgan fingerprint density at radius 1 is 0.975 bits per heavy atom. The molecule has 0 saturated carbocycles. The fourth-order valence-corrected chi connectivity index (χ4v) is 5.86. The first-order valence-corrected chi connectivity index (χ1v) is 14.8. The van der Waals surface area contributed by atoms with E-state index >= 15 is 0 Å². The molecule has 3 aromatic rings. The highest BCUT2D eigenvalue weighted by atomic mass is 35.5. The number of nitrogens with zero attached hydrogens (tertiary/aromatic N) is 2. The second kappa shape index (κ2) is 13.7. The molecule has 40 heavy (non-hydrogen) atoms. The number of anilines is 1. The summed E-state index contributed by atoms with van der Waals surface area (Å²) in [5.74, 6) is -0.0427. The van der Waals surface area contributed by atoms with Crippen LogP contribution in [0.15, 0.2) is 77.7 Å². The monoisotopic (exact) mass is 585 g/mol. The topological polar surface area (TPSA) is 96.0 Å². The molecule has 0 aliphatic heterocycles. The van der Waals surface area contributed by atoms with Crippen molar-refractivity contribution < 1.29 is 22.7 Å². The van der Waals surface area contributed by atoms with Crippen LogP contribution in [0.4, 0.5) is 5.69 Å². The van der Waals surface area contributed by atoms with Gasteiger partial charge >= 0.3 is 0 Å². The summed E-state index contributed by atoms with van der Waals surface area (Å²) in [6.45, 7) is 7.32. The van der Waals surface area contributed by atoms with Gasteiger partial charge in [0.2, 0.25) is 11.8 Å². The standard InChI is InChI=1S/C30H36ClN3O5S/c1-21(2)18-32-30(36)23(4)33(19-24-10-9-11-26(17-24)39-5)29(35)20-34(28-15-14-25(31)16-22(28)3)40(37,38)27-12-7-6-8-13-27/h6-17,21,23H,18-20H2,1-5H3,(H,32,36)/t23-/m0/s1. The number of aryl methyl sites for hydroxylation is 1. The molecule has 0 heterocycles. The zero-order valence-electron chi connectivity index (χ0n) is 23.4. The lowest BCUT2D eigenvalue weighted by atomic mass is 10.1. The number of rotatable bonds is 12. The van der Waals surface area contributed by atoms with Gasteiger partial charge in [-0.25, -0.2) is 8.42 Å². The molecular weight excluding hydrogens is 550 g/mol. The lowest BCUT2D eigenvalue weighted by molar-refractivity contribution is -0.139. The van der Waals surface area contributed by atoms with Gasteiger partial charge in [-0.15, -0.1) is 0 Å². The van der Waals surface area contributed by atoms with Crippen LogP contribution in [0.5, 0.6) is 5.75 Å². The smallest absolute Gasteiger partial charge is 0.264 e. The third-order valence-corrected chi connectivity index (χ3v) is 8.39. The van der Waals surface area contributed by atoms with E-state index in [1.165, 1.54) is 17.0 Å². The third kappa shape index (κ3) is 7.76. The number of nitrogens with one attached hydrogen (secondary N) is 1. The van der Waals surface area contributed by atoms with Gasteiger partial charge in [0.25, 0.3) is 10.0 Å². The molecule has 8 nitrogen and oxygen atoms in total. The fraction of sp³-hybridized carbons (Fsp3) is 0.333. The van der Waals surface area contributed by atoms with E-state index in [1.807, 2.05) is 19.9 Å². The van der Waals surface area contributed by atoms with E-state index in [-0.39, 0.29) is 23.3 Å². The van der Waals surface area contributed by atoms with Gasteiger partial charge in [-0.05, 0) is 73.4 Å². The molecule has 0 unspecified atom stereocenters. The van der Waals surface area contributed by atoms with Crippen molar-refractivity contribution >= 4 is 39.1 Å². The van der Waals surface area contributed by atoms with Gasteiger partial charge in [-0.2, -0.15) is 0 Å². The van der Waals surface area contributed by atoms with Gasteiger partial charge in [0.15, 0.2) is 0 Å². The molecule has 0 saturated heterocycles. The molecule has 0 spiro atoms. The van der Waals surface area contributed by atoms with Crippen molar-refractivity contribution in [3.63, 3.8) is 0 Å². The molecular formula is C30H36ClN3O5S. The predicted octanol–water partition coefficient (Wildman–Crippen LogP) is 5.04. The number of ether oxygens (including phenoxy) is 1. The number of benzene rings is 3. The molecule has 0 fully saturated rings. The lowest BCUT2D eigenvalue weighted by Gasteiger charge is -2.32. The van der Waals surface area contributed by atoms with Crippen molar-refractivity contribution in [3.8, 4) is 5.75 Å². The number of hydrogen-bond donors (Lipinski definition) is 1. The number of halogens is 1. The Kier molecular flexibility index (Phi) is 10.6. The summed E-state index contributed by atoms with van der Waals surface area (Å²) in [6, 6.07) is 19.0. The number of carbonyl (C=O) groups excluding carboxylic acids is 2. The Morgan fingerprint density at radius 2 is 1.68 bits per heavy atom. The first-order chi connectivity index (χ1) is 18.9. The molecule has 0 aliphatic rings. The van der Waals surface area contributed by atoms with Crippen molar-refractivity contribution in [1.82, 2.24) is 10.2 Å². The molecule has 2 amide bonds. The molecule has 0 bridgehead atoms. The van der Waals surface area contributed by atoms with Crippen molar-refractivity contribution in [2.45, 2.75) is 45.2 Å². The van der Waals surface area contributed by atoms with Gasteiger partial charge in [0.1, 0.15) is 18.3 Å². The molecule has 214 valence electrons. The number of carbonyl (C=O) groups is 2. The van der Waals surface area contributed by atoms with Gasteiger partial charge in [-0.1, -0.05) is 55.8 Å². The number of sulfonamides is 1. The van der Waals surface area contributed by atoms with Crippen LogP contribution < -0.4 is 14.4 Å². The van der Waals surface area contributed by atoms with Crippen LogP contribution in [-0.2, 0) is 26.2 Å². The number of amides is 2. The van der Waals surface area contributed by atoms with Gasteiger partial charge in [-0.3, -0.25) is 13.9 Å². The van der Waals surface area contributed by atoms with Crippen LogP contribution in [-0.4, -0.2) is 51.4 Å². The molecule has 0 aliphatic carbocycles. The maximum absolute atomic E-state index is 14.0. The molecule has 3 rings (SSSR count). The second-order valence-electron chi connectivity index (χ2n) is 9.94. The molecule has 0 aromatic heterocycles. The van der Waals surface area contributed by atoms with Crippen molar-refractivity contribution in [1.29, 1.82) is 0 Å². The van der Waals surface area contributed by atoms with Gasteiger partial charge in [0.05, 0.1) is 17.7 Å². The van der Waals surface area contributed by atoms with E-state index in [0.29, 0.717) is 28.6 Å². The summed E-state index contributed by atoms with van der Waals surface area (Å²) < 4.78 is 34.2. The Balaban J connectivity index is 2.04. The second-order valence-corrected chi connectivity index (χ2v) is 12.2. The maximum atomic E-state index is 14.0. The lowest BCUT2D eigenvalue weighted by Crippen LogP contribution is -2.51. The summed E-state index contributed by atoms with van der Waals surface area (Å²) in [6.07, 6.45) is 0. The third-order valence-electron chi connectivity index (χ3n) is 6.38. The normalized spacial score (nSPS) is 12.1. The minimum atomic E-state index is -4.15. The highest BCUT2D eigenvalue weighted by Crippen LogP contribution is 2.29. The van der Waals surface area contributed by atoms with Crippen LogP contribution in [0.3, 0.4) is 0 Å². The van der Waals surface area contributed by atoms with Crippen LogP contribution in [0, 0.1) is 12.8 Å². The van der Waals surface area contributed by atoms with Crippen molar-refractivity contribution in [3.05, 3.63) is 88.9 Å². The van der Waals surface area contributed by atoms with E-state index in [9.17, 15) is 18.0 Å². The summed E-state index contributed by atoms with van der Waals surface area (Å²) in [5.41, 5.74) is 1.64. The van der Waals surface area contributed by atoms with Crippen molar-refractivity contribution in [2.75, 3.05) is 24.5 Å². The maximum Gasteiger partial charge on any atom is 0.264 e. The van der Waals surface area contributed by atoms with Crippen LogP contribution >= 0.6 is 11.6 Å². The summed E-state index contributed by atoms with van der Waals surface area (Å²) in [5, 5.41) is 3.32. The number of hydrogen-bond acceptors (Lipinski definition) is 5. The summed E-state index contributed by atoms with van der Waals surface area (Å²) in [7, 11) is -2.60. The number of methoxy groups -OCH3 is 1. The summed E-state index contributed by atoms with van der Waals surface area (Å²) in [4.78, 5) is 28.5. The predicted molar refractivity (Wildman–Crippen MR) is 158 cm³/mol. The largest absolute Gasteiger partial charge is 0.497 e. The average molecular weight is 586 g/mol. The van der Waals surface area contributed by atoms with Gasteiger partial charge in [0, 0.05) is 18.1 Å². The zero-order valence-corrected chi connectivity index (χ0v) is 25.0. The quantitative estimate of drug-likeness (QED) is 0.321. The highest BCUT2D eigenvalue weighted by molar-refractivity contribution is 7.92. The van der Waals surface area contributed by atoms with E-state index in [0.717, 1.165) is 9.87 Å². The first kappa shape index (κ1) is 31.0. The van der Waals surface area contributed by atoms with Crippen LogP contribution in [0.25, 0.3) is 0 Å². The Morgan fingerprint density at radius 3 is 2.30 bits per heavy atom. The van der Waals surface area contributed by atoms with Crippen molar-refractivity contribution in [2.24, 2.45) is 5.92 Å². The van der Waals surface area contributed by atoms with E-state index in [2.05, 4.69) is 5.32 Å². The summed E-state index contributed by atoms with van der Waals surface area (Å²) >= 11 is 6.15. The molecule has 1 N–H and O–H groups in total. The minimum absolute atomic E-state index is 0.0409. The SMILES string of the molecule is COc1cccc(CN(C(=O)CN(c2ccc(Cl)cc2C)S(=O)(=O)c2ccccc2)[C@@H](C)C(=O)NCC(C)C)c1.